The summed E-state index contributed by atoms with van der Waals surface area (Å²) in [5.74, 6) is 0.735. The van der Waals surface area contributed by atoms with E-state index < -0.39 is 0 Å². The van der Waals surface area contributed by atoms with Gasteiger partial charge in [0.2, 0.25) is 0 Å². The van der Waals surface area contributed by atoms with E-state index in [4.69, 9.17) is 14.6 Å². The van der Waals surface area contributed by atoms with Crippen LogP contribution in [0.2, 0.25) is 0 Å². The average molecular weight is 240 g/mol. The Morgan fingerprint density at radius 2 is 2.24 bits per heavy atom. The fraction of sp³-hybridized carbons (Fsp3) is 0.583. The molecule has 0 radical (unpaired) electrons. The first-order valence-electron chi connectivity index (χ1n) is 5.75. The van der Waals surface area contributed by atoms with Crippen LogP contribution in [-0.2, 0) is 11.3 Å². The van der Waals surface area contributed by atoms with E-state index in [1.54, 1.807) is 13.3 Å². The van der Waals surface area contributed by atoms with Crippen molar-refractivity contribution in [1.82, 2.24) is 10.3 Å². The van der Waals surface area contributed by atoms with E-state index in [0.717, 1.165) is 24.5 Å². The van der Waals surface area contributed by atoms with Crippen LogP contribution in [0.5, 0.6) is 5.75 Å². The van der Waals surface area contributed by atoms with Crippen molar-refractivity contribution >= 4 is 0 Å². The Morgan fingerprint density at radius 3 is 2.88 bits per heavy atom. The maximum absolute atomic E-state index is 8.62. The number of nitrogens with one attached hydrogen (secondary N) is 1. The molecule has 0 fully saturated rings. The van der Waals surface area contributed by atoms with Gasteiger partial charge in [-0.05, 0) is 12.1 Å². The molecule has 5 heteroatoms. The van der Waals surface area contributed by atoms with Gasteiger partial charge < -0.3 is 19.9 Å². The number of aromatic nitrogens is 1. The van der Waals surface area contributed by atoms with Crippen molar-refractivity contribution in [3.63, 3.8) is 0 Å². The van der Waals surface area contributed by atoms with Crippen molar-refractivity contribution in [1.29, 1.82) is 0 Å². The van der Waals surface area contributed by atoms with Crippen LogP contribution < -0.4 is 10.1 Å². The Bertz CT molecular complexity index is 290. The molecular formula is C12H20N2O3. The van der Waals surface area contributed by atoms with E-state index >= 15 is 0 Å². The number of nitrogens with zero attached hydrogens (tertiary/aromatic N) is 1. The van der Waals surface area contributed by atoms with Gasteiger partial charge in [0, 0.05) is 33.2 Å². The van der Waals surface area contributed by atoms with Crippen molar-refractivity contribution in [2.45, 2.75) is 13.0 Å². The van der Waals surface area contributed by atoms with Gasteiger partial charge in [-0.25, -0.2) is 0 Å². The highest BCUT2D eigenvalue weighted by Crippen LogP contribution is 2.09. The summed E-state index contributed by atoms with van der Waals surface area (Å²) >= 11 is 0. The predicted molar refractivity (Wildman–Crippen MR) is 65.0 cm³/mol. The van der Waals surface area contributed by atoms with Crippen LogP contribution in [0.3, 0.4) is 0 Å². The second-order valence-corrected chi connectivity index (χ2v) is 3.58. The number of hydrogen-bond acceptors (Lipinski definition) is 5. The maximum atomic E-state index is 8.62. The third kappa shape index (κ3) is 6.21. The largest absolute Gasteiger partial charge is 0.492 e. The number of pyridine rings is 1. The fourth-order valence-corrected chi connectivity index (χ4v) is 1.25. The SMILES string of the molecule is COCCNCc1ccc(OCCCO)cn1. The van der Waals surface area contributed by atoms with E-state index in [1.165, 1.54) is 0 Å². The summed E-state index contributed by atoms with van der Waals surface area (Å²) in [6.07, 6.45) is 2.34. The molecule has 1 aromatic heterocycles. The van der Waals surface area contributed by atoms with Crippen LogP contribution in [0, 0.1) is 0 Å². The minimum absolute atomic E-state index is 0.148. The molecule has 5 nitrogen and oxygen atoms in total. The molecule has 1 aromatic rings. The topological polar surface area (TPSA) is 63.6 Å². The van der Waals surface area contributed by atoms with E-state index in [2.05, 4.69) is 10.3 Å². The Morgan fingerprint density at radius 1 is 1.35 bits per heavy atom. The summed E-state index contributed by atoms with van der Waals surface area (Å²) in [6, 6.07) is 3.81. The highest BCUT2D eigenvalue weighted by molar-refractivity contribution is 5.19. The molecule has 0 aliphatic carbocycles. The van der Waals surface area contributed by atoms with Crippen molar-refractivity contribution in [3.8, 4) is 5.75 Å². The molecule has 0 amide bonds. The van der Waals surface area contributed by atoms with E-state index in [9.17, 15) is 0 Å². The lowest BCUT2D eigenvalue weighted by molar-refractivity contribution is 0.199. The zero-order chi connectivity index (χ0) is 12.3. The Labute approximate surface area is 102 Å². The van der Waals surface area contributed by atoms with E-state index in [1.807, 2.05) is 12.1 Å². The van der Waals surface area contributed by atoms with Gasteiger partial charge in [-0.1, -0.05) is 0 Å². The summed E-state index contributed by atoms with van der Waals surface area (Å²) in [7, 11) is 1.68. The molecule has 0 aliphatic heterocycles. The lowest BCUT2D eigenvalue weighted by Gasteiger charge is -2.06. The third-order valence-corrected chi connectivity index (χ3v) is 2.16. The molecule has 0 aliphatic rings. The van der Waals surface area contributed by atoms with Crippen LogP contribution in [0.15, 0.2) is 18.3 Å². The molecule has 1 heterocycles. The van der Waals surface area contributed by atoms with Gasteiger partial charge in [-0.15, -0.1) is 0 Å². The Hall–Kier alpha value is -1.17. The van der Waals surface area contributed by atoms with Crippen LogP contribution in [0.25, 0.3) is 0 Å². The Balaban J connectivity index is 2.24. The summed E-state index contributed by atoms with van der Waals surface area (Å²) in [6.45, 7) is 2.90. The number of methoxy groups -OCH3 is 1. The van der Waals surface area contributed by atoms with Gasteiger partial charge in [0.05, 0.1) is 25.1 Å². The van der Waals surface area contributed by atoms with Crippen LogP contribution in [-0.4, -0.2) is 43.6 Å². The minimum Gasteiger partial charge on any atom is -0.492 e. The van der Waals surface area contributed by atoms with Crippen LogP contribution in [0.1, 0.15) is 12.1 Å². The van der Waals surface area contributed by atoms with Gasteiger partial charge in [-0.3, -0.25) is 4.98 Å². The molecule has 17 heavy (non-hydrogen) atoms. The normalized spacial score (nSPS) is 10.5. The third-order valence-electron chi connectivity index (χ3n) is 2.16. The summed E-state index contributed by atoms with van der Waals surface area (Å²) in [5.41, 5.74) is 0.968. The van der Waals surface area contributed by atoms with Gasteiger partial charge in [0.15, 0.2) is 0 Å². The molecule has 1 rings (SSSR count). The smallest absolute Gasteiger partial charge is 0.137 e. The van der Waals surface area contributed by atoms with Crippen molar-refractivity contribution < 1.29 is 14.6 Å². The van der Waals surface area contributed by atoms with E-state index in [0.29, 0.717) is 19.6 Å². The molecule has 96 valence electrons. The lowest BCUT2D eigenvalue weighted by atomic mass is 10.3. The molecular weight excluding hydrogens is 220 g/mol. The lowest BCUT2D eigenvalue weighted by Crippen LogP contribution is -2.19. The molecule has 0 bridgehead atoms. The molecule has 0 atom stereocenters. The highest BCUT2D eigenvalue weighted by atomic mass is 16.5. The molecule has 0 saturated heterocycles. The molecule has 0 spiro atoms. The highest BCUT2D eigenvalue weighted by Gasteiger charge is 1.97. The summed E-state index contributed by atoms with van der Waals surface area (Å²) in [4.78, 5) is 4.26. The van der Waals surface area contributed by atoms with Crippen molar-refractivity contribution in [3.05, 3.63) is 24.0 Å². The number of ether oxygens (including phenoxy) is 2. The zero-order valence-electron chi connectivity index (χ0n) is 10.2. The van der Waals surface area contributed by atoms with Crippen LogP contribution >= 0.6 is 0 Å². The Kier molecular flexibility index (Phi) is 7.29. The maximum Gasteiger partial charge on any atom is 0.137 e. The number of rotatable bonds is 9. The van der Waals surface area contributed by atoms with Gasteiger partial charge in [-0.2, -0.15) is 0 Å². The standard InChI is InChI=1S/C12H20N2O3/c1-16-8-5-13-9-11-3-4-12(10-14-11)17-7-2-6-15/h3-4,10,13,15H,2,5-9H2,1H3. The van der Waals surface area contributed by atoms with Crippen molar-refractivity contribution in [2.75, 3.05) is 33.5 Å². The first kappa shape index (κ1) is 13.9. The second-order valence-electron chi connectivity index (χ2n) is 3.58. The predicted octanol–water partition coefficient (Wildman–Crippen LogP) is 0.579. The molecule has 0 aromatic carbocycles. The monoisotopic (exact) mass is 240 g/mol. The van der Waals surface area contributed by atoms with Gasteiger partial charge in [0.1, 0.15) is 5.75 Å². The summed E-state index contributed by atoms with van der Waals surface area (Å²) < 4.78 is 10.3. The zero-order valence-corrected chi connectivity index (χ0v) is 10.2. The van der Waals surface area contributed by atoms with Crippen LogP contribution in [0.4, 0.5) is 0 Å². The van der Waals surface area contributed by atoms with Gasteiger partial charge in [0.25, 0.3) is 0 Å². The minimum atomic E-state index is 0.148. The number of aliphatic hydroxyl groups is 1. The first-order valence-corrected chi connectivity index (χ1v) is 5.75. The first-order chi connectivity index (χ1) is 8.36. The number of hydrogen-bond donors (Lipinski definition) is 2. The number of aliphatic hydroxyl groups excluding tert-OH is 1. The van der Waals surface area contributed by atoms with E-state index in [-0.39, 0.29) is 6.61 Å². The van der Waals surface area contributed by atoms with Gasteiger partial charge >= 0.3 is 0 Å². The molecule has 0 saturated carbocycles. The quantitative estimate of drug-likeness (QED) is 0.618. The second kappa shape index (κ2) is 8.92. The fourth-order valence-electron chi connectivity index (χ4n) is 1.25. The molecule has 0 unspecified atom stereocenters. The average Bonchev–Trinajstić information content (AvgIpc) is 2.37. The molecule has 2 N–H and O–H groups in total. The van der Waals surface area contributed by atoms with Crippen molar-refractivity contribution in [2.24, 2.45) is 0 Å². The summed E-state index contributed by atoms with van der Waals surface area (Å²) in [5, 5.41) is 11.8.